The van der Waals surface area contributed by atoms with E-state index in [9.17, 15) is 5.11 Å². The first kappa shape index (κ1) is 13.3. The van der Waals surface area contributed by atoms with Gasteiger partial charge in [-0.05, 0) is 36.6 Å². The second-order valence-corrected chi connectivity index (χ2v) is 5.63. The quantitative estimate of drug-likeness (QED) is 0.804. The number of hydrogen-bond donors (Lipinski definition) is 1. The predicted molar refractivity (Wildman–Crippen MR) is 82.9 cm³/mol. The molecule has 0 saturated heterocycles. The zero-order valence-corrected chi connectivity index (χ0v) is 12.4. The fourth-order valence-corrected chi connectivity index (χ4v) is 2.68. The van der Waals surface area contributed by atoms with Gasteiger partial charge in [0.2, 0.25) is 0 Å². The molecular formula is C17H17N3O2. The smallest absolute Gasteiger partial charge is 0.198 e. The highest BCUT2D eigenvalue weighted by Gasteiger charge is 2.29. The standard InChI is InChI=1S/C17H17N3O2/c1-22-15-8-7-14(13-4-2-3-11(9-13)10-21)20-17(15)18-16(19-20)12-5-6-12/h2-4,7-9,12,21H,5-6,10H2,1H3. The number of hydrogen-bond acceptors (Lipinski definition) is 4. The number of methoxy groups -OCH3 is 1. The average molecular weight is 295 g/mol. The molecule has 1 fully saturated rings. The van der Waals surface area contributed by atoms with Crippen molar-refractivity contribution in [1.82, 2.24) is 14.6 Å². The Labute approximate surface area is 128 Å². The Morgan fingerprint density at radius 3 is 2.86 bits per heavy atom. The molecule has 1 aliphatic rings. The van der Waals surface area contributed by atoms with Crippen molar-refractivity contribution in [3.05, 3.63) is 47.8 Å². The highest BCUT2D eigenvalue weighted by molar-refractivity contribution is 5.67. The lowest BCUT2D eigenvalue weighted by Crippen LogP contribution is -1.97. The minimum Gasteiger partial charge on any atom is -0.493 e. The Hall–Kier alpha value is -2.40. The van der Waals surface area contributed by atoms with Gasteiger partial charge in [0.15, 0.2) is 17.2 Å². The number of nitrogens with zero attached hydrogens (tertiary/aromatic N) is 3. The Bertz CT molecular complexity index is 837. The van der Waals surface area contributed by atoms with E-state index in [0.29, 0.717) is 5.92 Å². The maximum atomic E-state index is 9.33. The molecule has 1 aromatic carbocycles. The van der Waals surface area contributed by atoms with Crippen LogP contribution in [0.4, 0.5) is 0 Å². The summed E-state index contributed by atoms with van der Waals surface area (Å²) in [5.41, 5.74) is 3.58. The molecule has 3 aromatic rings. The monoisotopic (exact) mass is 295 g/mol. The molecule has 1 N–H and O–H groups in total. The molecule has 2 heterocycles. The SMILES string of the molecule is COc1ccc(-c2cccc(CO)c2)n2nc(C3CC3)nc12. The van der Waals surface area contributed by atoms with Crippen LogP contribution in [-0.4, -0.2) is 26.8 Å². The molecule has 0 atom stereocenters. The molecule has 1 saturated carbocycles. The van der Waals surface area contributed by atoms with Crippen molar-refractivity contribution >= 4 is 5.65 Å². The lowest BCUT2D eigenvalue weighted by molar-refractivity contribution is 0.282. The van der Waals surface area contributed by atoms with Crippen molar-refractivity contribution in [2.45, 2.75) is 25.4 Å². The number of rotatable bonds is 4. The van der Waals surface area contributed by atoms with Crippen molar-refractivity contribution in [3.8, 4) is 17.0 Å². The summed E-state index contributed by atoms with van der Waals surface area (Å²) < 4.78 is 7.26. The topological polar surface area (TPSA) is 59.7 Å². The molecule has 2 aromatic heterocycles. The van der Waals surface area contributed by atoms with E-state index in [1.807, 2.05) is 40.9 Å². The first-order valence-corrected chi connectivity index (χ1v) is 7.44. The van der Waals surface area contributed by atoms with Crippen molar-refractivity contribution in [2.75, 3.05) is 7.11 Å². The summed E-state index contributed by atoms with van der Waals surface area (Å²) in [6, 6.07) is 11.7. The van der Waals surface area contributed by atoms with Gasteiger partial charge in [0.25, 0.3) is 0 Å². The van der Waals surface area contributed by atoms with Crippen molar-refractivity contribution < 1.29 is 9.84 Å². The van der Waals surface area contributed by atoms with Crippen LogP contribution < -0.4 is 4.74 Å². The second kappa shape index (κ2) is 5.10. The fourth-order valence-electron chi connectivity index (χ4n) is 2.68. The van der Waals surface area contributed by atoms with Gasteiger partial charge < -0.3 is 9.84 Å². The molecule has 5 nitrogen and oxygen atoms in total. The third-order valence-electron chi connectivity index (χ3n) is 4.03. The van der Waals surface area contributed by atoms with Gasteiger partial charge in [-0.1, -0.05) is 18.2 Å². The summed E-state index contributed by atoms with van der Waals surface area (Å²) >= 11 is 0. The van der Waals surface area contributed by atoms with Crippen LogP contribution in [0.3, 0.4) is 0 Å². The number of aromatic nitrogens is 3. The number of fused-ring (bicyclic) bond motifs is 1. The van der Waals surface area contributed by atoms with E-state index < -0.39 is 0 Å². The second-order valence-electron chi connectivity index (χ2n) is 5.63. The third-order valence-corrected chi connectivity index (χ3v) is 4.03. The van der Waals surface area contributed by atoms with E-state index >= 15 is 0 Å². The van der Waals surface area contributed by atoms with Gasteiger partial charge in [-0.25, -0.2) is 9.50 Å². The van der Waals surface area contributed by atoms with Crippen LogP contribution >= 0.6 is 0 Å². The highest BCUT2D eigenvalue weighted by atomic mass is 16.5. The zero-order valence-electron chi connectivity index (χ0n) is 12.4. The lowest BCUT2D eigenvalue weighted by atomic mass is 10.1. The molecule has 0 radical (unpaired) electrons. The van der Waals surface area contributed by atoms with Gasteiger partial charge in [0, 0.05) is 11.5 Å². The summed E-state index contributed by atoms with van der Waals surface area (Å²) in [7, 11) is 1.65. The van der Waals surface area contributed by atoms with Crippen molar-refractivity contribution in [2.24, 2.45) is 0 Å². The summed E-state index contributed by atoms with van der Waals surface area (Å²) in [6.07, 6.45) is 2.32. The van der Waals surface area contributed by atoms with Gasteiger partial charge in [-0.3, -0.25) is 0 Å². The minimum atomic E-state index is 0.0256. The number of ether oxygens (including phenoxy) is 1. The van der Waals surface area contributed by atoms with Crippen LogP contribution in [-0.2, 0) is 6.61 Å². The number of benzene rings is 1. The Kier molecular flexibility index (Phi) is 3.08. The van der Waals surface area contributed by atoms with Crippen molar-refractivity contribution in [3.63, 3.8) is 0 Å². The number of aliphatic hydroxyl groups excluding tert-OH is 1. The first-order chi connectivity index (χ1) is 10.8. The van der Waals surface area contributed by atoms with Crippen LogP contribution in [0.15, 0.2) is 36.4 Å². The highest BCUT2D eigenvalue weighted by Crippen LogP contribution is 2.39. The van der Waals surface area contributed by atoms with Crippen LogP contribution in [0.1, 0.15) is 30.1 Å². The fraction of sp³-hybridized carbons (Fsp3) is 0.294. The molecule has 0 bridgehead atoms. The summed E-state index contributed by atoms with van der Waals surface area (Å²) in [5.74, 6) is 2.10. The van der Waals surface area contributed by atoms with E-state index in [2.05, 4.69) is 10.1 Å². The Morgan fingerprint density at radius 2 is 2.14 bits per heavy atom. The molecule has 0 unspecified atom stereocenters. The normalized spacial score (nSPS) is 14.5. The number of pyridine rings is 1. The minimum absolute atomic E-state index is 0.0256. The molecule has 4 rings (SSSR count). The summed E-state index contributed by atoms with van der Waals surface area (Å²) in [5, 5.41) is 14.0. The molecular weight excluding hydrogens is 278 g/mol. The zero-order chi connectivity index (χ0) is 15.1. The lowest BCUT2D eigenvalue weighted by Gasteiger charge is -2.08. The third kappa shape index (κ3) is 2.14. The molecule has 0 aliphatic heterocycles. The molecule has 5 heteroatoms. The average Bonchev–Trinajstić information content (AvgIpc) is 3.32. The first-order valence-electron chi connectivity index (χ1n) is 7.44. The number of aliphatic hydroxyl groups is 1. The molecule has 112 valence electrons. The maximum absolute atomic E-state index is 9.33. The predicted octanol–water partition coefficient (Wildman–Crippen LogP) is 2.77. The van der Waals surface area contributed by atoms with Crippen LogP contribution in [0.2, 0.25) is 0 Å². The van der Waals surface area contributed by atoms with Gasteiger partial charge in [-0.15, -0.1) is 0 Å². The molecule has 22 heavy (non-hydrogen) atoms. The molecule has 0 spiro atoms. The summed E-state index contributed by atoms with van der Waals surface area (Å²) in [6.45, 7) is 0.0256. The van der Waals surface area contributed by atoms with Crippen molar-refractivity contribution in [1.29, 1.82) is 0 Å². The van der Waals surface area contributed by atoms with Crippen LogP contribution in [0.5, 0.6) is 5.75 Å². The van der Waals surface area contributed by atoms with E-state index in [-0.39, 0.29) is 6.61 Å². The van der Waals surface area contributed by atoms with Gasteiger partial charge in [0.1, 0.15) is 0 Å². The molecule has 1 aliphatic carbocycles. The largest absolute Gasteiger partial charge is 0.493 e. The Balaban J connectivity index is 1.93. The van der Waals surface area contributed by atoms with Crippen LogP contribution in [0.25, 0.3) is 16.9 Å². The van der Waals surface area contributed by atoms with Crippen LogP contribution in [0, 0.1) is 0 Å². The van der Waals surface area contributed by atoms with E-state index in [1.165, 1.54) is 0 Å². The van der Waals surface area contributed by atoms with E-state index in [4.69, 9.17) is 4.74 Å². The van der Waals surface area contributed by atoms with E-state index in [1.54, 1.807) is 7.11 Å². The molecule has 0 amide bonds. The van der Waals surface area contributed by atoms with Gasteiger partial charge >= 0.3 is 0 Å². The van der Waals surface area contributed by atoms with E-state index in [0.717, 1.165) is 46.9 Å². The summed E-state index contributed by atoms with van der Waals surface area (Å²) in [4.78, 5) is 4.65. The van der Waals surface area contributed by atoms with Gasteiger partial charge in [-0.2, -0.15) is 5.10 Å². The van der Waals surface area contributed by atoms with Gasteiger partial charge in [0.05, 0.1) is 19.4 Å². The Morgan fingerprint density at radius 1 is 1.27 bits per heavy atom. The maximum Gasteiger partial charge on any atom is 0.198 e.